The maximum Gasteiger partial charge on any atom is 0.326 e. The highest BCUT2D eigenvalue weighted by atomic mass is 16.4. The minimum Gasteiger partial charge on any atom is -0.480 e. The first-order chi connectivity index (χ1) is 14.5. The quantitative estimate of drug-likeness (QED) is 0.375. The predicted molar refractivity (Wildman–Crippen MR) is 112 cm³/mol. The van der Waals surface area contributed by atoms with Crippen molar-refractivity contribution in [3.63, 3.8) is 0 Å². The molecule has 1 atom stereocenters. The molecule has 0 saturated carbocycles. The number of carbonyl (C=O) groups excluding carboxylic acids is 1. The number of rotatable bonds is 7. The number of carbonyl (C=O) groups is 2. The first kappa shape index (κ1) is 19.4. The highest BCUT2D eigenvalue weighted by Gasteiger charge is 2.22. The van der Waals surface area contributed by atoms with Gasteiger partial charge in [0.15, 0.2) is 0 Å². The van der Waals surface area contributed by atoms with E-state index in [1.165, 1.54) is 0 Å². The molecule has 4 rings (SSSR count). The van der Waals surface area contributed by atoms with E-state index < -0.39 is 17.9 Å². The topological polar surface area (TPSA) is 128 Å². The summed E-state index contributed by atoms with van der Waals surface area (Å²) in [6, 6.07) is 13.6. The van der Waals surface area contributed by atoms with Gasteiger partial charge in [0.05, 0.1) is 11.0 Å². The van der Waals surface area contributed by atoms with Gasteiger partial charge in [-0.05, 0) is 23.8 Å². The lowest BCUT2D eigenvalue weighted by Crippen LogP contribution is -2.42. The predicted octanol–water partition coefficient (Wildman–Crippen LogP) is 2.15. The number of nitrogens with one attached hydrogen (secondary N) is 3. The first-order valence-corrected chi connectivity index (χ1v) is 9.56. The molecule has 0 radical (unpaired) electrons. The summed E-state index contributed by atoms with van der Waals surface area (Å²) < 4.78 is 0. The molecule has 0 saturated heterocycles. The molecule has 8 nitrogen and oxygen atoms in total. The van der Waals surface area contributed by atoms with Crippen LogP contribution in [-0.2, 0) is 22.4 Å². The fourth-order valence-electron chi connectivity index (χ4n) is 3.46. The Kier molecular flexibility index (Phi) is 5.30. The van der Waals surface area contributed by atoms with E-state index in [1.54, 1.807) is 24.4 Å². The van der Waals surface area contributed by atoms with Crippen molar-refractivity contribution < 1.29 is 14.7 Å². The zero-order valence-electron chi connectivity index (χ0n) is 16.0. The van der Waals surface area contributed by atoms with Crippen LogP contribution in [0.4, 0.5) is 0 Å². The number of aromatic amines is 2. The number of benzene rings is 2. The fourth-order valence-corrected chi connectivity index (χ4v) is 3.46. The zero-order chi connectivity index (χ0) is 21.1. The molecule has 0 aliphatic carbocycles. The van der Waals surface area contributed by atoms with Crippen LogP contribution in [0.2, 0.25) is 0 Å². The minimum absolute atomic E-state index is 0.0356. The molecule has 0 bridgehead atoms. The van der Waals surface area contributed by atoms with Crippen LogP contribution in [0.25, 0.3) is 21.9 Å². The number of aryl methyl sites for hydroxylation is 1. The molecule has 0 spiro atoms. The van der Waals surface area contributed by atoms with Gasteiger partial charge >= 0.3 is 5.97 Å². The van der Waals surface area contributed by atoms with Crippen LogP contribution < -0.4 is 10.9 Å². The Morgan fingerprint density at radius 1 is 1.07 bits per heavy atom. The molecule has 4 N–H and O–H groups in total. The fraction of sp³-hybridized carbons (Fsp3) is 0.182. The minimum atomic E-state index is -1.12. The maximum absolute atomic E-state index is 12.4. The van der Waals surface area contributed by atoms with Crippen LogP contribution in [0.1, 0.15) is 17.7 Å². The molecule has 0 unspecified atom stereocenters. The SMILES string of the molecule is O=C(CCc1nc2ccccc2[nH]c1=O)N[C@@H](Cc1c[nH]c2ccccc12)C(=O)O. The number of nitrogens with zero attached hydrogens (tertiary/aromatic N) is 1. The number of H-pyrrole nitrogens is 2. The Balaban J connectivity index is 1.43. The van der Waals surface area contributed by atoms with Gasteiger partial charge in [0.1, 0.15) is 11.7 Å². The number of amides is 1. The summed E-state index contributed by atoms with van der Waals surface area (Å²) >= 11 is 0. The van der Waals surface area contributed by atoms with E-state index in [0.29, 0.717) is 11.0 Å². The van der Waals surface area contributed by atoms with Crippen molar-refractivity contribution >= 4 is 33.8 Å². The van der Waals surface area contributed by atoms with Gasteiger partial charge in [-0.1, -0.05) is 30.3 Å². The summed E-state index contributed by atoms with van der Waals surface area (Å²) in [7, 11) is 0. The molecule has 2 heterocycles. The first-order valence-electron chi connectivity index (χ1n) is 9.56. The number of para-hydroxylation sites is 3. The van der Waals surface area contributed by atoms with Gasteiger partial charge in [-0.25, -0.2) is 9.78 Å². The second kappa shape index (κ2) is 8.20. The van der Waals surface area contributed by atoms with Crippen LogP contribution >= 0.6 is 0 Å². The molecular weight excluding hydrogens is 384 g/mol. The molecule has 152 valence electrons. The normalized spacial score (nSPS) is 12.1. The van der Waals surface area contributed by atoms with Crippen LogP contribution in [0.3, 0.4) is 0 Å². The van der Waals surface area contributed by atoms with Gasteiger partial charge < -0.3 is 20.4 Å². The summed E-state index contributed by atoms with van der Waals surface area (Å²) in [5.41, 5.74) is 2.87. The Morgan fingerprint density at radius 2 is 1.80 bits per heavy atom. The van der Waals surface area contributed by atoms with Crippen molar-refractivity contribution in [3.05, 3.63) is 76.3 Å². The van der Waals surface area contributed by atoms with Crippen molar-refractivity contribution in [1.29, 1.82) is 0 Å². The van der Waals surface area contributed by atoms with Crippen LogP contribution in [-0.4, -0.2) is 38.0 Å². The third kappa shape index (κ3) is 4.07. The van der Waals surface area contributed by atoms with Crippen molar-refractivity contribution in [1.82, 2.24) is 20.3 Å². The number of aromatic nitrogens is 3. The van der Waals surface area contributed by atoms with E-state index >= 15 is 0 Å². The second-order valence-corrected chi connectivity index (χ2v) is 7.05. The molecule has 8 heteroatoms. The van der Waals surface area contributed by atoms with Crippen LogP contribution in [0.15, 0.2) is 59.5 Å². The Morgan fingerprint density at radius 3 is 2.60 bits per heavy atom. The number of carboxylic acid groups (broad SMARTS) is 1. The zero-order valence-corrected chi connectivity index (χ0v) is 16.0. The highest BCUT2D eigenvalue weighted by Crippen LogP contribution is 2.19. The van der Waals surface area contributed by atoms with Crippen molar-refractivity contribution in [2.45, 2.75) is 25.3 Å². The summed E-state index contributed by atoms with van der Waals surface area (Å²) in [6.07, 6.45) is 1.99. The summed E-state index contributed by atoms with van der Waals surface area (Å²) in [4.78, 5) is 46.4. The molecule has 0 aliphatic rings. The lowest BCUT2D eigenvalue weighted by atomic mass is 10.0. The molecular formula is C22H20N4O4. The molecule has 2 aromatic heterocycles. The third-order valence-electron chi connectivity index (χ3n) is 4.99. The molecule has 2 aromatic carbocycles. The average molecular weight is 404 g/mol. The van der Waals surface area contributed by atoms with E-state index in [1.807, 2.05) is 30.3 Å². The Hall–Kier alpha value is -3.94. The molecule has 30 heavy (non-hydrogen) atoms. The van der Waals surface area contributed by atoms with Crippen molar-refractivity contribution in [2.24, 2.45) is 0 Å². The van der Waals surface area contributed by atoms with Gasteiger partial charge in [0.2, 0.25) is 5.91 Å². The van der Waals surface area contributed by atoms with Crippen molar-refractivity contribution in [3.8, 4) is 0 Å². The van der Waals surface area contributed by atoms with E-state index in [0.717, 1.165) is 16.5 Å². The van der Waals surface area contributed by atoms with E-state index in [4.69, 9.17) is 0 Å². The number of aliphatic carboxylic acids is 1. The summed E-state index contributed by atoms with van der Waals surface area (Å²) in [6.45, 7) is 0. The number of hydrogen-bond acceptors (Lipinski definition) is 4. The molecule has 0 fully saturated rings. The maximum atomic E-state index is 12.4. The van der Waals surface area contributed by atoms with E-state index in [9.17, 15) is 19.5 Å². The van der Waals surface area contributed by atoms with Gasteiger partial charge in [-0.15, -0.1) is 0 Å². The van der Waals surface area contributed by atoms with Gasteiger partial charge in [0, 0.05) is 36.4 Å². The molecule has 0 aliphatic heterocycles. The van der Waals surface area contributed by atoms with E-state index in [-0.39, 0.29) is 30.5 Å². The van der Waals surface area contributed by atoms with Crippen molar-refractivity contribution in [2.75, 3.05) is 0 Å². The molecule has 1 amide bonds. The van der Waals surface area contributed by atoms with Crippen LogP contribution in [0, 0.1) is 0 Å². The molecule has 4 aromatic rings. The Labute approximate surface area is 171 Å². The number of fused-ring (bicyclic) bond motifs is 2. The number of hydrogen-bond donors (Lipinski definition) is 4. The van der Waals surface area contributed by atoms with E-state index in [2.05, 4.69) is 20.3 Å². The second-order valence-electron chi connectivity index (χ2n) is 7.05. The Bertz CT molecular complexity index is 1290. The summed E-state index contributed by atoms with van der Waals surface area (Å²) in [5.74, 6) is -1.56. The number of carboxylic acids is 1. The van der Waals surface area contributed by atoms with Gasteiger partial charge in [-0.3, -0.25) is 9.59 Å². The largest absolute Gasteiger partial charge is 0.480 e. The third-order valence-corrected chi connectivity index (χ3v) is 4.99. The monoisotopic (exact) mass is 404 g/mol. The van der Waals surface area contributed by atoms with Crippen LogP contribution in [0.5, 0.6) is 0 Å². The summed E-state index contributed by atoms with van der Waals surface area (Å²) in [5, 5.41) is 13.0. The highest BCUT2D eigenvalue weighted by molar-refractivity contribution is 5.86. The smallest absolute Gasteiger partial charge is 0.326 e. The standard InChI is InChI=1S/C22H20N4O4/c27-20(10-9-18-21(28)26-17-8-4-3-7-16(17)24-18)25-19(22(29)30)11-13-12-23-15-6-2-1-5-14(13)15/h1-8,12,19,23H,9-11H2,(H,25,27)(H,26,28)(H,29,30)/t19-/m0/s1. The average Bonchev–Trinajstić information content (AvgIpc) is 3.14. The lowest BCUT2D eigenvalue weighted by molar-refractivity contribution is -0.141. The van der Waals surface area contributed by atoms with Gasteiger partial charge in [-0.2, -0.15) is 0 Å². The lowest BCUT2D eigenvalue weighted by Gasteiger charge is -2.14. The van der Waals surface area contributed by atoms with Gasteiger partial charge in [0.25, 0.3) is 5.56 Å².